The first-order valence-corrected chi connectivity index (χ1v) is 3.76. The minimum atomic E-state index is 0.634. The highest BCUT2D eigenvalue weighted by atomic mass is 15.0. The summed E-state index contributed by atoms with van der Waals surface area (Å²) in [5.74, 6) is 0. The molecule has 1 atom stereocenters. The van der Waals surface area contributed by atoms with Crippen molar-refractivity contribution in [2.75, 3.05) is 13.1 Å². The lowest BCUT2D eigenvalue weighted by Crippen LogP contribution is -2.35. The predicted octanol–water partition coefficient (Wildman–Crippen LogP) is 0.346. The molecular weight excluding hydrogens is 112 g/mol. The molecule has 1 aliphatic rings. The highest BCUT2D eigenvalue weighted by Gasteiger charge is 2.13. The standard InChI is InChI=1S/C7H16N2/c1-6(2)9-7-3-4-8-5-7/h6-9H,3-5H2,1-2H3/t7-/m0/s1. The maximum Gasteiger partial charge on any atom is 0.0206 e. The van der Waals surface area contributed by atoms with Gasteiger partial charge in [0, 0.05) is 18.6 Å². The molecule has 0 spiro atoms. The molecule has 1 saturated heterocycles. The first kappa shape index (κ1) is 7.03. The summed E-state index contributed by atoms with van der Waals surface area (Å²) < 4.78 is 0. The molecule has 2 heteroatoms. The normalized spacial score (nSPS) is 27.7. The van der Waals surface area contributed by atoms with Gasteiger partial charge in [0.05, 0.1) is 0 Å². The minimum absolute atomic E-state index is 0.634. The van der Waals surface area contributed by atoms with Crippen LogP contribution in [0.15, 0.2) is 0 Å². The number of rotatable bonds is 2. The lowest BCUT2D eigenvalue weighted by atomic mass is 10.2. The van der Waals surface area contributed by atoms with Gasteiger partial charge in [-0.25, -0.2) is 0 Å². The Balaban J connectivity index is 2.11. The third-order valence-electron chi connectivity index (χ3n) is 1.63. The van der Waals surface area contributed by atoms with Crippen LogP contribution in [0.1, 0.15) is 20.3 Å². The zero-order valence-corrected chi connectivity index (χ0v) is 6.28. The van der Waals surface area contributed by atoms with Crippen LogP contribution in [0.2, 0.25) is 0 Å². The third kappa shape index (κ3) is 2.33. The molecule has 0 bridgehead atoms. The van der Waals surface area contributed by atoms with Gasteiger partial charge in [0.1, 0.15) is 0 Å². The number of hydrogen-bond donors (Lipinski definition) is 2. The summed E-state index contributed by atoms with van der Waals surface area (Å²) in [5, 5.41) is 6.79. The van der Waals surface area contributed by atoms with Crippen LogP contribution in [-0.2, 0) is 0 Å². The van der Waals surface area contributed by atoms with Gasteiger partial charge in [0.25, 0.3) is 0 Å². The van der Waals surface area contributed by atoms with E-state index in [9.17, 15) is 0 Å². The molecule has 54 valence electrons. The lowest BCUT2D eigenvalue weighted by molar-refractivity contribution is 0.489. The third-order valence-corrected chi connectivity index (χ3v) is 1.63. The van der Waals surface area contributed by atoms with Gasteiger partial charge >= 0.3 is 0 Å². The Labute approximate surface area is 57.0 Å². The molecule has 1 heterocycles. The highest BCUT2D eigenvalue weighted by molar-refractivity contribution is 4.78. The van der Waals surface area contributed by atoms with E-state index in [2.05, 4.69) is 24.5 Å². The summed E-state index contributed by atoms with van der Waals surface area (Å²) >= 11 is 0. The Hall–Kier alpha value is -0.0800. The molecule has 0 amide bonds. The number of nitrogens with one attached hydrogen (secondary N) is 2. The Bertz CT molecular complexity index is 75.0. The summed E-state index contributed by atoms with van der Waals surface area (Å²) in [6.45, 7) is 6.72. The molecule has 1 rings (SSSR count). The summed E-state index contributed by atoms with van der Waals surface area (Å²) in [4.78, 5) is 0. The van der Waals surface area contributed by atoms with Crippen LogP contribution in [0.5, 0.6) is 0 Å². The average molecular weight is 128 g/mol. The number of hydrogen-bond acceptors (Lipinski definition) is 2. The van der Waals surface area contributed by atoms with Crippen LogP contribution < -0.4 is 10.6 Å². The zero-order chi connectivity index (χ0) is 6.69. The first-order chi connectivity index (χ1) is 4.29. The van der Waals surface area contributed by atoms with Crippen molar-refractivity contribution in [1.82, 2.24) is 10.6 Å². The molecule has 9 heavy (non-hydrogen) atoms. The van der Waals surface area contributed by atoms with Crippen molar-refractivity contribution in [2.24, 2.45) is 0 Å². The summed E-state index contributed by atoms with van der Waals surface area (Å²) in [7, 11) is 0. The van der Waals surface area contributed by atoms with Crippen LogP contribution >= 0.6 is 0 Å². The van der Waals surface area contributed by atoms with Crippen molar-refractivity contribution in [1.29, 1.82) is 0 Å². The summed E-state index contributed by atoms with van der Waals surface area (Å²) in [5.41, 5.74) is 0. The fraction of sp³-hybridized carbons (Fsp3) is 1.00. The Kier molecular flexibility index (Phi) is 2.49. The first-order valence-electron chi connectivity index (χ1n) is 3.76. The van der Waals surface area contributed by atoms with E-state index in [1.165, 1.54) is 13.0 Å². The van der Waals surface area contributed by atoms with E-state index in [0.717, 1.165) is 12.6 Å². The van der Waals surface area contributed by atoms with E-state index in [1.807, 2.05) is 0 Å². The SMILES string of the molecule is CC(C)N[C@H]1CCNC1. The van der Waals surface area contributed by atoms with Crippen LogP contribution in [-0.4, -0.2) is 25.2 Å². The second-order valence-electron chi connectivity index (χ2n) is 3.01. The van der Waals surface area contributed by atoms with Crippen molar-refractivity contribution in [3.63, 3.8) is 0 Å². The minimum Gasteiger partial charge on any atom is -0.315 e. The van der Waals surface area contributed by atoms with Crippen molar-refractivity contribution in [3.05, 3.63) is 0 Å². The Morgan fingerprint density at radius 1 is 1.56 bits per heavy atom. The lowest BCUT2D eigenvalue weighted by Gasteiger charge is -2.13. The van der Waals surface area contributed by atoms with E-state index in [4.69, 9.17) is 0 Å². The van der Waals surface area contributed by atoms with Gasteiger partial charge < -0.3 is 10.6 Å². The molecule has 2 N–H and O–H groups in total. The van der Waals surface area contributed by atoms with Crippen LogP contribution in [0.4, 0.5) is 0 Å². The topological polar surface area (TPSA) is 24.1 Å². The van der Waals surface area contributed by atoms with Crippen molar-refractivity contribution < 1.29 is 0 Å². The van der Waals surface area contributed by atoms with Crippen molar-refractivity contribution >= 4 is 0 Å². The molecule has 0 unspecified atom stereocenters. The second-order valence-corrected chi connectivity index (χ2v) is 3.01. The monoisotopic (exact) mass is 128 g/mol. The molecule has 0 saturated carbocycles. The molecule has 0 aromatic heterocycles. The molecule has 0 aromatic carbocycles. The Morgan fingerprint density at radius 3 is 2.78 bits per heavy atom. The largest absolute Gasteiger partial charge is 0.315 e. The van der Waals surface area contributed by atoms with E-state index in [-0.39, 0.29) is 0 Å². The molecule has 1 aliphatic heterocycles. The van der Waals surface area contributed by atoms with Crippen LogP contribution in [0.25, 0.3) is 0 Å². The van der Waals surface area contributed by atoms with E-state index in [0.29, 0.717) is 6.04 Å². The molecular formula is C7H16N2. The maximum absolute atomic E-state index is 3.48. The van der Waals surface area contributed by atoms with E-state index < -0.39 is 0 Å². The quantitative estimate of drug-likeness (QED) is 0.560. The summed E-state index contributed by atoms with van der Waals surface area (Å²) in [6.07, 6.45) is 1.29. The molecule has 0 aliphatic carbocycles. The van der Waals surface area contributed by atoms with Gasteiger partial charge in [-0.1, -0.05) is 13.8 Å². The maximum atomic E-state index is 3.48. The fourth-order valence-electron chi connectivity index (χ4n) is 1.27. The molecule has 0 radical (unpaired) electrons. The molecule has 2 nitrogen and oxygen atoms in total. The Morgan fingerprint density at radius 2 is 2.33 bits per heavy atom. The van der Waals surface area contributed by atoms with Crippen molar-refractivity contribution in [2.45, 2.75) is 32.4 Å². The van der Waals surface area contributed by atoms with Gasteiger partial charge in [-0.05, 0) is 13.0 Å². The smallest absolute Gasteiger partial charge is 0.0206 e. The van der Waals surface area contributed by atoms with E-state index in [1.54, 1.807) is 0 Å². The molecule has 1 fully saturated rings. The van der Waals surface area contributed by atoms with Crippen molar-refractivity contribution in [3.8, 4) is 0 Å². The zero-order valence-electron chi connectivity index (χ0n) is 6.28. The predicted molar refractivity (Wildman–Crippen MR) is 39.5 cm³/mol. The van der Waals surface area contributed by atoms with Gasteiger partial charge in [0.15, 0.2) is 0 Å². The van der Waals surface area contributed by atoms with Crippen LogP contribution in [0.3, 0.4) is 0 Å². The summed E-state index contributed by atoms with van der Waals surface area (Å²) in [6, 6.07) is 1.36. The van der Waals surface area contributed by atoms with E-state index >= 15 is 0 Å². The second kappa shape index (κ2) is 3.18. The average Bonchev–Trinajstić information content (AvgIpc) is 2.15. The fourth-order valence-corrected chi connectivity index (χ4v) is 1.27. The van der Waals surface area contributed by atoms with Gasteiger partial charge in [-0.15, -0.1) is 0 Å². The van der Waals surface area contributed by atoms with Crippen LogP contribution in [0, 0.1) is 0 Å². The molecule has 0 aromatic rings. The highest BCUT2D eigenvalue weighted by Crippen LogP contribution is 1.97. The van der Waals surface area contributed by atoms with Gasteiger partial charge in [-0.2, -0.15) is 0 Å². The van der Waals surface area contributed by atoms with Gasteiger partial charge in [0.2, 0.25) is 0 Å². The van der Waals surface area contributed by atoms with Gasteiger partial charge in [-0.3, -0.25) is 0 Å².